The van der Waals surface area contributed by atoms with E-state index in [1.54, 1.807) is 6.26 Å². The van der Waals surface area contributed by atoms with E-state index in [2.05, 4.69) is 17.3 Å². The molecule has 0 aromatic carbocycles. The van der Waals surface area contributed by atoms with Crippen molar-refractivity contribution in [2.45, 2.75) is 6.42 Å². The zero-order valence-electron chi connectivity index (χ0n) is 10.8. The second-order valence-electron chi connectivity index (χ2n) is 4.49. The van der Waals surface area contributed by atoms with Crippen LogP contribution in [0.5, 0.6) is 0 Å². The maximum Gasteiger partial charge on any atom is 0.236 e. The van der Waals surface area contributed by atoms with E-state index in [0.717, 1.165) is 39.1 Å². The minimum atomic E-state index is -0.729. The number of carbonyl (C=O) groups excluding carboxylic acids is 1. The Morgan fingerprint density at radius 3 is 2.53 bits per heavy atom. The summed E-state index contributed by atoms with van der Waals surface area (Å²) >= 11 is 0. The van der Waals surface area contributed by atoms with Crippen LogP contribution in [-0.2, 0) is 15.6 Å². The van der Waals surface area contributed by atoms with Crippen LogP contribution in [0.2, 0.25) is 0 Å². The molecule has 5 nitrogen and oxygen atoms in total. The van der Waals surface area contributed by atoms with Gasteiger partial charge in [0.15, 0.2) is 0 Å². The molecule has 1 aliphatic rings. The summed E-state index contributed by atoms with van der Waals surface area (Å²) in [6.45, 7) is 4.74. The third-order valence-electron chi connectivity index (χ3n) is 2.92. The summed E-state index contributed by atoms with van der Waals surface area (Å²) in [7, 11) is 1.35. The van der Waals surface area contributed by atoms with Crippen molar-refractivity contribution in [2.24, 2.45) is 0 Å². The van der Waals surface area contributed by atoms with Gasteiger partial charge in [-0.25, -0.2) is 0 Å². The van der Waals surface area contributed by atoms with Crippen LogP contribution in [0.3, 0.4) is 0 Å². The summed E-state index contributed by atoms with van der Waals surface area (Å²) in [5.41, 5.74) is 0. The topological polar surface area (TPSA) is 52.6 Å². The average molecular weight is 261 g/mol. The summed E-state index contributed by atoms with van der Waals surface area (Å²) in [5.74, 6) is 0.881. The molecule has 0 saturated carbocycles. The molecule has 1 amide bonds. The van der Waals surface area contributed by atoms with Gasteiger partial charge in [0, 0.05) is 49.0 Å². The zero-order chi connectivity index (χ0) is 12.7. The Morgan fingerprint density at radius 1 is 1.29 bits per heavy atom. The van der Waals surface area contributed by atoms with Gasteiger partial charge in [0.05, 0.1) is 6.54 Å². The van der Waals surface area contributed by atoms with Gasteiger partial charge >= 0.3 is 0 Å². The maximum absolute atomic E-state index is 11.8. The van der Waals surface area contributed by atoms with E-state index in [1.165, 1.54) is 0 Å². The molecule has 1 unspecified atom stereocenters. The molecule has 1 atom stereocenters. The van der Waals surface area contributed by atoms with E-state index in [0.29, 0.717) is 12.3 Å². The van der Waals surface area contributed by atoms with E-state index in [1.807, 2.05) is 4.90 Å². The smallest absolute Gasteiger partial charge is 0.236 e. The van der Waals surface area contributed by atoms with E-state index in [4.69, 9.17) is 0 Å². The first-order valence-electron chi connectivity index (χ1n) is 6.06. The maximum atomic E-state index is 11.8. The van der Waals surface area contributed by atoms with Crippen LogP contribution in [0.15, 0.2) is 0 Å². The monoisotopic (exact) mass is 261 g/mol. The predicted octanol–water partition coefficient (Wildman–Crippen LogP) is -0.881. The highest BCUT2D eigenvalue weighted by Gasteiger charge is 2.17. The van der Waals surface area contributed by atoms with Crippen LogP contribution in [-0.4, -0.2) is 78.2 Å². The molecular formula is C11H23N3O2S. The summed E-state index contributed by atoms with van der Waals surface area (Å²) < 4.78 is 10.8. The lowest BCUT2D eigenvalue weighted by atomic mass is 10.3. The SMILES string of the molecule is CN1CCN(C(=O)CNCCCS(C)=O)CC1. The van der Waals surface area contributed by atoms with Crippen molar-refractivity contribution in [3.05, 3.63) is 0 Å². The fourth-order valence-electron chi connectivity index (χ4n) is 1.76. The first-order valence-corrected chi connectivity index (χ1v) is 7.79. The van der Waals surface area contributed by atoms with Crippen molar-refractivity contribution in [1.29, 1.82) is 0 Å². The van der Waals surface area contributed by atoms with E-state index < -0.39 is 10.8 Å². The molecule has 17 heavy (non-hydrogen) atoms. The minimum absolute atomic E-state index is 0.177. The molecule has 1 aliphatic heterocycles. The van der Waals surface area contributed by atoms with Crippen molar-refractivity contribution >= 4 is 16.7 Å². The highest BCUT2D eigenvalue weighted by Crippen LogP contribution is 1.98. The molecule has 1 fully saturated rings. The lowest BCUT2D eigenvalue weighted by Gasteiger charge is -2.32. The number of hydrogen-bond acceptors (Lipinski definition) is 4. The molecule has 0 aliphatic carbocycles. The van der Waals surface area contributed by atoms with Crippen molar-refractivity contribution in [1.82, 2.24) is 15.1 Å². The highest BCUT2D eigenvalue weighted by molar-refractivity contribution is 7.84. The summed E-state index contributed by atoms with van der Waals surface area (Å²) in [5, 5.41) is 3.11. The molecule has 0 aromatic rings. The van der Waals surface area contributed by atoms with Gasteiger partial charge in [0.2, 0.25) is 5.91 Å². The number of rotatable bonds is 6. The second-order valence-corrected chi connectivity index (χ2v) is 6.05. The van der Waals surface area contributed by atoms with Gasteiger partial charge in [-0.05, 0) is 20.0 Å². The van der Waals surface area contributed by atoms with Gasteiger partial charge in [-0.3, -0.25) is 9.00 Å². The Morgan fingerprint density at radius 2 is 1.94 bits per heavy atom. The number of nitrogens with zero attached hydrogens (tertiary/aromatic N) is 2. The molecule has 1 heterocycles. The molecule has 0 spiro atoms. The minimum Gasteiger partial charge on any atom is -0.339 e. The first kappa shape index (κ1) is 14.6. The number of piperazine rings is 1. The second kappa shape index (κ2) is 7.79. The molecule has 1 rings (SSSR count). The van der Waals surface area contributed by atoms with E-state index in [-0.39, 0.29) is 5.91 Å². The number of carbonyl (C=O) groups is 1. The fourth-order valence-corrected chi connectivity index (χ4v) is 2.31. The largest absolute Gasteiger partial charge is 0.339 e. The normalized spacial score (nSPS) is 19.3. The van der Waals surface area contributed by atoms with Crippen LogP contribution in [0.4, 0.5) is 0 Å². The van der Waals surface area contributed by atoms with Gasteiger partial charge in [-0.15, -0.1) is 0 Å². The Labute approximate surface area is 106 Å². The Balaban J connectivity index is 2.06. The van der Waals surface area contributed by atoms with E-state index >= 15 is 0 Å². The van der Waals surface area contributed by atoms with Crippen LogP contribution in [0, 0.1) is 0 Å². The highest BCUT2D eigenvalue weighted by atomic mass is 32.2. The van der Waals surface area contributed by atoms with Gasteiger partial charge in [0.1, 0.15) is 0 Å². The molecular weight excluding hydrogens is 238 g/mol. The lowest BCUT2D eigenvalue weighted by molar-refractivity contribution is -0.131. The van der Waals surface area contributed by atoms with Crippen LogP contribution < -0.4 is 5.32 Å². The fraction of sp³-hybridized carbons (Fsp3) is 0.909. The summed E-state index contributed by atoms with van der Waals surface area (Å²) in [6.07, 6.45) is 2.56. The molecule has 0 radical (unpaired) electrons. The molecule has 0 aromatic heterocycles. The average Bonchev–Trinajstić information content (AvgIpc) is 2.29. The third kappa shape index (κ3) is 6.14. The molecule has 100 valence electrons. The third-order valence-corrected chi connectivity index (χ3v) is 3.78. The number of amides is 1. The Bertz CT molecular complexity index is 265. The van der Waals surface area contributed by atoms with Crippen molar-refractivity contribution in [3.63, 3.8) is 0 Å². The van der Waals surface area contributed by atoms with Gasteiger partial charge in [-0.1, -0.05) is 0 Å². The number of likely N-dealkylation sites (N-methyl/N-ethyl adjacent to an activating group) is 1. The van der Waals surface area contributed by atoms with Crippen LogP contribution >= 0.6 is 0 Å². The molecule has 1 N–H and O–H groups in total. The van der Waals surface area contributed by atoms with Crippen LogP contribution in [0.25, 0.3) is 0 Å². The molecule has 6 heteroatoms. The molecule has 0 bridgehead atoms. The van der Waals surface area contributed by atoms with Crippen molar-refractivity contribution < 1.29 is 9.00 Å². The predicted molar refractivity (Wildman–Crippen MR) is 70.5 cm³/mol. The zero-order valence-corrected chi connectivity index (χ0v) is 11.6. The standard InChI is InChI=1S/C11H23N3O2S/c1-13-5-7-14(8-6-13)11(15)10-12-4-3-9-17(2)16/h12H,3-10H2,1-2H3. The summed E-state index contributed by atoms with van der Waals surface area (Å²) in [6, 6.07) is 0. The first-order chi connectivity index (χ1) is 8.09. The number of nitrogens with one attached hydrogen (secondary N) is 1. The van der Waals surface area contributed by atoms with Gasteiger partial charge in [-0.2, -0.15) is 0 Å². The summed E-state index contributed by atoms with van der Waals surface area (Å²) in [4.78, 5) is 15.9. The van der Waals surface area contributed by atoms with E-state index in [9.17, 15) is 9.00 Å². The number of hydrogen-bond donors (Lipinski definition) is 1. The van der Waals surface area contributed by atoms with Gasteiger partial charge in [0.25, 0.3) is 0 Å². The lowest BCUT2D eigenvalue weighted by Crippen LogP contribution is -2.49. The van der Waals surface area contributed by atoms with Crippen molar-refractivity contribution in [3.8, 4) is 0 Å². The Kier molecular flexibility index (Phi) is 6.69. The Hall–Kier alpha value is -0.460. The van der Waals surface area contributed by atoms with Gasteiger partial charge < -0.3 is 15.1 Å². The van der Waals surface area contributed by atoms with Crippen molar-refractivity contribution in [2.75, 3.05) is 58.3 Å². The quantitative estimate of drug-likeness (QED) is 0.631. The molecule has 1 saturated heterocycles. The van der Waals surface area contributed by atoms with Crippen LogP contribution in [0.1, 0.15) is 6.42 Å².